The van der Waals surface area contributed by atoms with Crippen LogP contribution in [0.1, 0.15) is 5.56 Å². The third kappa shape index (κ3) is 3.07. The molecule has 0 saturated heterocycles. The highest BCUT2D eigenvalue weighted by molar-refractivity contribution is 5.79. The molecule has 2 rings (SSSR count). The van der Waals surface area contributed by atoms with Crippen LogP contribution in [0.4, 0.5) is 5.69 Å². The van der Waals surface area contributed by atoms with Gasteiger partial charge in [0, 0.05) is 24.7 Å². The van der Waals surface area contributed by atoms with Gasteiger partial charge in [0.05, 0.1) is 19.0 Å². The van der Waals surface area contributed by atoms with Gasteiger partial charge in [-0.1, -0.05) is 0 Å². The molecule has 2 aromatic rings. The summed E-state index contributed by atoms with van der Waals surface area (Å²) in [4.78, 5) is 2.98. The summed E-state index contributed by atoms with van der Waals surface area (Å²) in [6.45, 7) is 0. The first-order valence-corrected chi connectivity index (χ1v) is 5.67. The van der Waals surface area contributed by atoms with Crippen LogP contribution in [0.5, 0.6) is 5.75 Å². The fourth-order valence-corrected chi connectivity index (χ4v) is 1.50. The SMILES string of the molecule is COc1ccc(N(C)N=Cc2cc[nH+]cc2)cc1. The summed E-state index contributed by atoms with van der Waals surface area (Å²) in [5.74, 6) is 0.842. The van der Waals surface area contributed by atoms with E-state index in [0.29, 0.717) is 0 Å². The number of aromatic amines is 1. The number of anilines is 1. The third-order valence-corrected chi connectivity index (χ3v) is 2.57. The summed E-state index contributed by atoms with van der Waals surface area (Å²) in [7, 11) is 3.57. The number of nitrogens with zero attached hydrogens (tertiary/aromatic N) is 2. The Morgan fingerprint density at radius 2 is 1.78 bits per heavy atom. The minimum atomic E-state index is 0.842. The molecule has 1 heterocycles. The lowest BCUT2D eigenvalue weighted by atomic mass is 10.3. The fraction of sp³-hybridized carbons (Fsp3) is 0.143. The van der Waals surface area contributed by atoms with Crippen molar-refractivity contribution in [2.45, 2.75) is 0 Å². The van der Waals surface area contributed by atoms with E-state index in [9.17, 15) is 0 Å². The molecule has 0 unspecified atom stereocenters. The normalized spacial score (nSPS) is 10.6. The summed E-state index contributed by atoms with van der Waals surface area (Å²) < 4.78 is 5.12. The highest BCUT2D eigenvalue weighted by Gasteiger charge is 1.98. The standard InChI is InChI=1S/C14H15N3O/c1-17(13-3-5-14(18-2)6-4-13)16-11-12-7-9-15-10-8-12/h3-11H,1-2H3/p+1. The lowest BCUT2D eigenvalue weighted by molar-refractivity contribution is -0.378. The fourth-order valence-electron chi connectivity index (χ4n) is 1.50. The Morgan fingerprint density at radius 3 is 2.39 bits per heavy atom. The number of H-pyrrole nitrogens is 1. The number of rotatable bonds is 4. The second-order valence-corrected chi connectivity index (χ2v) is 3.80. The average Bonchev–Trinajstić information content (AvgIpc) is 2.46. The average molecular weight is 242 g/mol. The van der Waals surface area contributed by atoms with E-state index < -0.39 is 0 Å². The number of ether oxygens (including phenoxy) is 1. The summed E-state index contributed by atoms with van der Waals surface area (Å²) >= 11 is 0. The molecule has 0 atom stereocenters. The number of hydrogen-bond donors (Lipinski definition) is 0. The number of pyridine rings is 1. The molecule has 0 aliphatic rings. The maximum atomic E-state index is 5.12. The first-order chi connectivity index (χ1) is 8.79. The van der Waals surface area contributed by atoms with Gasteiger partial charge in [0.2, 0.25) is 0 Å². The maximum Gasteiger partial charge on any atom is 0.167 e. The van der Waals surface area contributed by atoms with E-state index in [0.717, 1.165) is 17.0 Å². The van der Waals surface area contributed by atoms with Crippen LogP contribution in [0.2, 0.25) is 0 Å². The maximum absolute atomic E-state index is 5.12. The van der Waals surface area contributed by atoms with Crippen molar-refractivity contribution in [3.8, 4) is 5.75 Å². The van der Waals surface area contributed by atoms with E-state index in [1.165, 1.54) is 0 Å². The van der Waals surface area contributed by atoms with E-state index in [2.05, 4.69) is 10.1 Å². The predicted molar refractivity (Wildman–Crippen MR) is 72.0 cm³/mol. The van der Waals surface area contributed by atoms with E-state index in [1.54, 1.807) is 7.11 Å². The molecule has 0 bridgehead atoms. The first-order valence-electron chi connectivity index (χ1n) is 5.67. The van der Waals surface area contributed by atoms with Crippen molar-refractivity contribution >= 4 is 11.9 Å². The second-order valence-electron chi connectivity index (χ2n) is 3.80. The van der Waals surface area contributed by atoms with Gasteiger partial charge < -0.3 is 4.74 Å². The lowest BCUT2D eigenvalue weighted by Gasteiger charge is -2.12. The Balaban J connectivity index is 2.07. The summed E-state index contributed by atoms with van der Waals surface area (Å²) in [5, 5.41) is 6.19. The highest BCUT2D eigenvalue weighted by atomic mass is 16.5. The molecule has 18 heavy (non-hydrogen) atoms. The molecule has 0 spiro atoms. The second kappa shape index (κ2) is 5.82. The van der Waals surface area contributed by atoms with Gasteiger partial charge in [-0.3, -0.25) is 5.01 Å². The van der Waals surface area contributed by atoms with Gasteiger partial charge in [0.15, 0.2) is 12.4 Å². The molecular formula is C14H16N3O+. The Labute approximate surface area is 107 Å². The van der Waals surface area contributed by atoms with Crippen LogP contribution in [-0.4, -0.2) is 20.4 Å². The molecule has 1 N–H and O–H groups in total. The third-order valence-electron chi connectivity index (χ3n) is 2.57. The first kappa shape index (κ1) is 12.1. The zero-order valence-corrected chi connectivity index (χ0v) is 10.5. The molecule has 0 amide bonds. The van der Waals surface area contributed by atoms with E-state index in [4.69, 9.17) is 4.74 Å². The minimum Gasteiger partial charge on any atom is -0.497 e. The van der Waals surface area contributed by atoms with E-state index >= 15 is 0 Å². The van der Waals surface area contributed by atoms with Gasteiger partial charge in [-0.05, 0) is 24.3 Å². The van der Waals surface area contributed by atoms with Gasteiger partial charge >= 0.3 is 0 Å². The molecule has 4 nitrogen and oxygen atoms in total. The molecular weight excluding hydrogens is 226 g/mol. The Hall–Kier alpha value is -2.36. The van der Waals surface area contributed by atoms with Crippen molar-refractivity contribution in [3.05, 3.63) is 54.4 Å². The van der Waals surface area contributed by atoms with Crippen molar-refractivity contribution in [3.63, 3.8) is 0 Å². The molecule has 1 aromatic heterocycles. The van der Waals surface area contributed by atoms with Crippen LogP contribution < -0.4 is 14.7 Å². The molecule has 0 aliphatic carbocycles. The Bertz CT molecular complexity index is 508. The number of hydrazone groups is 1. The van der Waals surface area contributed by atoms with Crippen LogP contribution in [0.15, 0.2) is 53.9 Å². The zero-order chi connectivity index (χ0) is 12.8. The van der Waals surface area contributed by atoms with Crippen LogP contribution in [-0.2, 0) is 0 Å². The number of nitrogens with one attached hydrogen (secondary N) is 1. The molecule has 92 valence electrons. The van der Waals surface area contributed by atoms with Gasteiger partial charge in [-0.2, -0.15) is 5.10 Å². The Morgan fingerprint density at radius 1 is 1.11 bits per heavy atom. The Kier molecular flexibility index (Phi) is 3.91. The number of aromatic nitrogens is 1. The smallest absolute Gasteiger partial charge is 0.167 e. The van der Waals surface area contributed by atoms with Crippen LogP contribution in [0.25, 0.3) is 0 Å². The van der Waals surface area contributed by atoms with Crippen molar-refractivity contribution in [1.29, 1.82) is 0 Å². The van der Waals surface area contributed by atoms with Crippen molar-refractivity contribution in [1.82, 2.24) is 0 Å². The van der Waals surface area contributed by atoms with Crippen LogP contribution in [0.3, 0.4) is 0 Å². The zero-order valence-electron chi connectivity index (χ0n) is 10.5. The van der Waals surface area contributed by atoms with Crippen molar-refractivity contribution in [2.24, 2.45) is 5.10 Å². The van der Waals surface area contributed by atoms with E-state index in [-0.39, 0.29) is 0 Å². The molecule has 0 radical (unpaired) electrons. The van der Waals surface area contributed by atoms with Crippen molar-refractivity contribution < 1.29 is 9.72 Å². The van der Waals surface area contributed by atoms with Crippen LogP contribution >= 0.6 is 0 Å². The van der Waals surface area contributed by atoms with Gasteiger partial charge in [-0.25, -0.2) is 4.98 Å². The predicted octanol–water partition coefficient (Wildman–Crippen LogP) is 1.98. The molecule has 0 fully saturated rings. The van der Waals surface area contributed by atoms with Gasteiger partial charge in [0.1, 0.15) is 5.75 Å². The summed E-state index contributed by atoms with van der Waals surface area (Å²) in [5.41, 5.74) is 2.06. The molecule has 1 aromatic carbocycles. The summed E-state index contributed by atoms with van der Waals surface area (Å²) in [6, 6.07) is 11.7. The molecule has 4 heteroatoms. The topological polar surface area (TPSA) is 39.0 Å². The molecule has 0 saturated carbocycles. The highest BCUT2D eigenvalue weighted by Crippen LogP contribution is 2.18. The van der Waals surface area contributed by atoms with Gasteiger partial charge in [0.25, 0.3) is 0 Å². The van der Waals surface area contributed by atoms with E-state index in [1.807, 2.05) is 67.1 Å². The lowest BCUT2D eigenvalue weighted by Crippen LogP contribution is -2.09. The largest absolute Gasteiger partial charge is 0.497 e. The van der Waals surface area contributed by atoms with Gasteiger partial charge in [-0.15, -0.1) is 0 Å². The summed E-state index contributed by atoms with van der Waals surface area (Å²) in [6.07, 6.45) is 5.56. The number of hydrogen-bond acceptors (Lipinski definition) is 3. The van der Waals surface area contributed by atoms with Crippen molar-refractivity contribution in [2.75, 3.05) is 19.2 Å². The van der Waals surface area contributed by atoms with Crippen LogP contribution in [0, 0.1) is 0 Å². The molecule has 0 aliphatic heterocycles. The minimum absolute atomic E-state index is 0.842. The quantitative estimate of drug-likeness (QED) is 0.607. The number of benzene rings is 1. The monoisotopic (exact) mass is 242 g/mol. The number of methoxy groups -OCH3 is 1.